The van der Waals surface area contributed by atoms with Gasteiger partial charge in [-0.3, -0.25) is 0 Å². The fourth-order valence-corrected chi connectivity index (χ4v) is 3.73. The van der Waals surface area contributed by atoms with E-state index in [0.717, 1.165) is 15.3 Å². The van der Waals surface area contributed by atoms with Crippen LogP contribution < -0.4 is 0 Å². The summed E-state index contributed by atoms with van der Waals surface area (Å²) in [5.41, 5.74) is 0. The lowest BCUT2D eigenvalue weighted by Gasteiger charge is -1.91. The van der Waals surface area contributed by atoms with E-state index in [-0.39, 0.29) is 0 Å². The first kappa shape index (κ1) is 10.0. The SMILES string of the molecule is ClCc1sc2c(I)cccc2c1Cl. The topological polar surface area (TPSA) is 0 Å². The lowest BCUT2D eigenvalue weighted by molar-refractivity contribution is 1.54. The summed E-state index contributed by atoms with van der Waals surface area (Å²) in [4.78, 5) is 1.06. The molecule has 0 nitrogen and oxygen atoms in total. The molecule has 2 aromatic rings. The van der Waals surface area contributed by atoms with E-state index in [9.17, 15) is 0 Å². The molecule has 0 bridgehead atoms. The van der Waals surface area contributed by atoms with Crippen molar-refractivity contribution in [2.24, 2.45) is 0 Å². The van der Waals surface area contributed by atoms with Gasteiger partial charge in [0.25, 0.3) is 0 Å². The number of thiophene rings is 1. The van der Waals surface area contributed by atoms with Gasteiger partial charge in [-0.05, 0) is 28.7 Å². The number of fused-ring (bicyclic) bond motifs is 1. The van der Waals surface area contributed by atoms with Gasteiger partial charge in [0.2, 0.25) is 0 Å². The van der Waals surface area contributed by atoms with Crippen LogP contribution in [0.5, 0.6) is 0 Å². The molecule has 0 saturated carbocycles. The van der Waals surface area contributed by atoms with E-state index in [1.165, 1.54) is 8.27 Å². The largest absolute Gasteiger partial charge is 0.136 e. The van der Waals surface area contributed by atoms with E-state index in [1.807, 2.05) is 12.1 Å². The summed E-state index contributed by atoms with van der Waals surface area (Å²) in [5.74, 6) is 0.494. The summed E-state index contributed by atoms with van der Waals surface area (Å²) in [6.07, 6.45) is 0. The van der Waals surface area contributed by atoms with Gasteiger partial charge in [-0.15, -0.1) is 22.9 Å². The molecule has 0 atom stereocenters. The number of hydrogen-bond donors (Lipinski definition) is 0. The highest BCUT2D eigenvalue weighted by molar-refractivity contribution is 14.1. The molecule has 0 spiro atoms. The zero-order chi connectivity index (χ0) is 9.42. The van der Waals surface area contributed by atoms with Gasteiger partial charge in [0, 0.05) is 18.5 Å². The third-order valence-electron chi connectivity index (χ3n) is 1.79. The molecular weight excluding hydrogens is 338 g/mol. The van der Waals surface area contributed by atoms with Crippen LogP contribution in [-0.4, -0.2) is 0 Å². The van der Waals surface area contributed by atoms with Crippen LogP contribution in [0.4, 0.5) is 0 Å². The highest BCUT2D eigenvalue weighted by atomic mass is 127. The molecule has 0 fully saturated rings. The predicted molar refractivity (Wildman–Crippen MR) is 69.1 cm³/mol. The second-order valence-corrected chi connectivity index (χ2v) is 5.50. The van der Waals surface area contributed by atoms with Crippen LogP contribution in [0.1, 0.15) is 4.88 Å². The Labute approximate surface area is 104 Å². The van der Waals surface area contributed by atoms with Crippen molar-refractivity contribution < 1.29 is 0 Å². The van der Waals surface area contributed by atoms with Crippen molar-refractivity contribution in [1.29, 1.82) is 0 Å². The fraction of sp³-hybridized carbons (Fsp3) is 0.111. The molecule has 2 rings (SSSR count). The minimum absolute atomic E-state index is 0.494. The maximum Gasteiger partial charge on any atom is 0.0636 e. The molecule has 4 heteroatoms. The highest BCUT2D eigenvalue weighted by Gasteiger charge is 2.10. The smallest absolute Gasteiger partial charge is 0.0636 e. The minimum atomic E-state index is 0.494. The Morgan fingerprint density at radius 3 is 2.77 bits per heavy atom. The molecule has 0 aliphatic rings. The molecule has 1 aromatic heterocycles. The van der Waals surface area contributed by atoms with Crippen molar-refractivity contribution in [3.8, 4) is 0 Å². The van der Waals surface area contributed by atoms with Crippen LogP contribution in [0.3, 0.4) is 0 Å². The molecule has 0 aliphatic carbocycles. The first-order valence-electron chi connectivity index (χ1n) is 3.65. The Bertz CT molecular complexity index is 450. The molecule has 13 heavy (non-hydrogen) atoms. The van der Waals surface area contributed by atoms with Crippen molar-refractivity contribution in [3.05, 3.63) is 31.7 Å². The first-order chi connectivity index (χ1) is 6.24. The van der Waals surface area contributed by atoms with E-state index >= 15 is 0 Å². The number of benzene rings is 1. The second-order valence-electron chi connectivity index (χ2n) is 2.59. The zero-order valence-corrected chi connectivity index (χ0v) is 11.0. The number of halogens is 3. The standard InChI is InChI=1S/C9H5Cl2IS/c10-4-7-8(11)5-2-1-3-6(12)9(5)13-7/h1-3H,4H2. The van der Waals surface area contributed by atoms with E-state index in [2.05, 4.69) is 28.7 Å². The summed E-state index contributed by atoms with van der Waals surface area (Å²) in [6, 6.07) is 6.13. The maximum atomic E-state index is 6.15. The summed E-state index contributed by atoms with van der Waals surface area (Å²) >= 11 is 15.9. The minimum Gasteiger partial charge on any atom is -0.136 e. The molecule has 0 amide bonds. The molecule has 0 aliphatic heterocycles. The van der Waals surface area contributed by atoms with E-state index in [0.29, 0.717) is 5.88 Å². The van der Waals surface area contributed by atoms with Gasteiger partial charge in [-0.2, -0.15) is 0 Å². The Morgan fingerprint density at radius 2 is 2.15 bits per heavy atom. The molecule has 68 valence electrons. The number of hydrogen-bond acceptors (Lipinski definition) is 1. The Morgan fingerprint density at radius 1 is 1.38 bits per heavy atom. The van der Waals surface area contributed by atoms with Crippen molar-refractivity contribution in [2.45, 2.75) is 5.88 Å². The normalized spacial score (nSPS) is 11.0. The fourth-order valence-electron chi connectivity index (χ4n) is 1.19. The molecular formula is C9H5Cl2IS. The second kappa shape index (κ2) is 3.93. The summed E-state index contributed by atoms with van der Waals surface area (Å²) in [6.45, 7) is 0. The van der Waals surface area contributed by atoms with E-state index in [4.69, 9.17) is 23.2 Å². The van der Waals surface area contributed by atoms with Crippen molar-refractivity contribution in [3.63, 3.8) is 0 Å². The maximum absolute atomic E-state index is 6.15. The van der Waals surface area contributed by atoms with Crippen molar-refractivity contribution >= 4 is 67.2 Å². The monoisotopic (exact) mass is 342 g/mol. The molecule has 0 unspecified atom stereocenters. The van der Waals surface area contributed by atoms with Gasteiger partial charge in [0.05, 0.1) is 10.9 Å². The Balaban J connectivity index is 2.83. The highest BCUT2D eigenvalue weighted by Crippen LogP contribution is 2.38. The molecule has 0 saturated heterocycles. The molecule has 0 radical (unpaired) electrons. The lowest BCUT2D eigenvalue weighted by Crippen LogP contribution is -1.69. The zero-order valence-electron chi connectivity index (χ0n) is 6.48. The summed E-state index contributed by atoms with van der Waals surface area (Å²) in [7, 11) is 0. The number of alkyl halides is 1. The summed E-state index contributed by atoms with van der Waals surface area (Å²) in [5, 5.41) is 1.93. The predicted octanol–water partition coefficient (Wildman–Crippen LogP) is 4.90. The van der Waals surface area contributed by atoms with Crippen LogP contribution in [0.25, 0.3) is 10.1 Å². The van der Waals surface area contributed by atoms with Crippen LogP contribution >= 0.6 is 57.1 Å². The van der Waals surface area contributed by atoms with Gasteiger partial charge >= 0.3 is 0 Å². The Kier molecular flexibility index (Phi) is 3.03. The van der Waals surface area contributed by atoms with E-state index in [1.54, 1.807) is 11.3 Å². The van der Waals surface area contributed by atoms with Gasteiger partial charge in [-0.25, -0.2) is 0 Å². The average molecular weight is 343 g/mol. The van der Waals surface area contributed by atoms with Gasteiger partial charge in [-0.1, -0.05) is 23.7 Å². The Hall–Kier alpha value is 0.490. The van der Waals surface area contributed by atoms with E-state index < -0.39 is 0 Å². The third-order valence-corrected chi connectivity index (χ3v) is 5.27. The van der Waals surface area contributed by atoms with Crippen LogP contribution in [0.15, 0.2) is 18.2 Å². The van der Waals surface area contributed by atoms with Crippen LogP contribution in [0.2, 0.25) is 5.02 Å². The van der Waals surface area contributed by atoms with Gasteiger partial charge < -0.3 is 0 Å². The van der Waals surface area contributed by atoms with Crippen molar-refractivity contribution in [1.82, 2.24) is 0 Å². The molecule has 1 aromatic carbocycles. The van der Waals surface area contributed by atoms with Crippen LogP contribution in [-0.2, 0) is 5.88 Å². The molecule has 1 heterocycles. The molecule has 0 N–H and O–H groups in total. The third kappa shape index (κ3) is 1.69. The summed E-state index contributed by atoms with van der Waals surface area (Å²) < 4.78 is 2.47. The van der Waals surface area contributed by atoms with Crippen LogP contribution in [0, 0.1) is 3.57 Å². The lowest BCUT2D eigenvalue weighted by atomic mass is 10.2. The number of rotatable bonds is 1. The quantitative estimate of drug-likeness (QED) is 0.511. The van der Waals surface area contributed by atoms with Gasteiger partial charge in [0.15, 0.2) is 0 Å². The van der Waals surface area contributed by atoms with Gasteiger partial charge in [0.1, 0.15) is 0 Å². The average Bonchev–Trinajstić information content (AvgIpc) is 2.45. The first-order valence-corrected chi connectivity index (χ1v) is 6.46. The van der Waals surface area contributed by atoms with Crippen molar-refractivity contribution in [2.75, 3.05) is 0 Å².